The van der Waals surface area contributed by atoms with Crippen LogP contribution in [0.15, 0.2) is 23.0 Å². The summed E-state index contributed by atoms with van der Waals surface area (Å²) in [6.45, 7) is 5.20. The minimum Gasteiger partial charge on any atom is -0.353 e. The third-order valence-electron chi connectivity index (χ3n) is 5.25. The molecule has 4 rings (SSSR count). The van der Waals surface area contributed by atoms with Crippen molar-refractivity contribution in [2.45, 2.75) is 65.1 Å². The molecule has 0 fully saturated rings. The van der Waals surface area contributed by atoms with E-state index in [9.17, 15) is 9.59 Å². The number of aromatic nitrogens is 5. The lowest BCUT2D eigenvalue weighted by molar-refractivity contribution is -0.121. The highest BCUT2D eigenvalue weighted by Crippen LogP contribution is 2.15. The fourth-order valence-electron chi connectivity index (χ4n) is 3.89. The second-order valence-electron chi connectivity index (χ2n) is 7.52. The molecule has 1 aromatic carbocycles. The largest absolute Gasteiger partial charge is 0.353 e. The molecule has 2 N–H and O–H groups in total. The van der Waals surface area contributed by atoms with Gasteiger partial charge in [-0.2, -0.15) is 5.10 Å². The second kappa shape index (κ2) is 7.61. The third-order valence-corrected chi connectivity index (χ3v) is 5.25. The first kappa shape index (κ1) is 18.5. The zero-order chi connectivity index (χ0) is 19.7. The highest BCUT2D eigenvalue weighted by molar-refractivity contribution is 5.81. The van der Waals surface area contributed by atoms with Crippen molar-refractivity contribution in [1.82, 2.24) is 29.6 Å². The van der Waals surface area contributed by atoms with Crippen molar-refractivity contribution < 1.29 is 4.79 Å². The molecule has 2 aromatic heterocycles. The molecule has 0 radical (unpaired) electrons. The number of hydrogen-bond donors (Lipinski definition) is 2. The van der Waals surface area contributed by atoms with Gasteiger partial charge in [0.2, 0.25) is 5.91 Å². The van der Waals surface area contributed by atoms with Gasteiger partial charge >= 0.3 is 5.69 Å². The van der Waals surface area contributed by atoms with Gasteiger partial charge in [0.25, 0.3) is 0 Å². The molecule has 3 heterocycles. The minimum atomic E-state index is -0.0352. The van der Waals surface area contributed by atoms with Crippen LogP contribution in [0, 0.1) is 6.92 Å². The Bertz CT molecular complexity index is 1060. The average molecular weight is 382 g/mol. The Kier molecular flexibility index (Phi) is 5.02. The number of aromatic amines is 1. The van der Waals surface area contributed by atoms with Crippen molar-refractivity contribution in [3.05, 3.63) is 45.9 Å². The van der Waals surface area contributed by atoms with Gasteiger partial charge in [0.15, 0.2) is 0 Å². The number of hydrogen-bond acceptors (Lipinski definition) is 4. The van der Waals surface area contributed by atoms with Crippen molar-refractivity contribution in [3.8, 4) is 0 Å². The molecule has 0 saturated carbocycles. The van der Waals surface area contributed by atoms with Crippen molar-refractivity contribution >= 4 is 16.9 Å². The van der Waals surface area contributed by atoms with Gasteiger partial charge in [0.1, 0.15) is 11.6 Å². The number of amides is 1. The first-order chi connectivity index (χ1) is 13.5. The number of carbonyl (C=O) groups is 1. The van der Waals surface area contributed by atoms with Gasteiger partial charge in [-0.1, -0.05) is 13.0 Å². The fraction of sp³-hybridized carbons (Fsp3) is 0.500. The van der Waals surface area contributed by atoms with E-state index in [0.29, 0.717) is 25.9 Å². The summed E-state index contributed by atoms with van der Waals surface area (Å²) >= 11 is 0. The van der Waals surface area contributed by atoms with Crippen LogP contribution in [0.5, 0.6) is 0 Å². The average Bonchev–Trinajstić information content (AvgIpc) is 3.09. The summed E-state index contributed by atoms with van der Waals surface area (Å²) in [5, 5.41) is 7.59. The molecule has 0 aliphatic carbocycles. The molecule has 1 atom stereocenters. The van der Waals surface area contributed by atoms with Crippen LogP contribution in [0.1, 0.15) is 43.4 Å². The number of rotatable bonds is 5. The van der Waals surface area contributed by atoms with Gasteiger partial charge in [-0.15, -0.1) is 0 Å². The van der Waals surface area contributed by atoms with Crippen LogP contribution < -0.4 is 11.0 Å². The van der Waals surface area contributed by atoms with E-state index in [-0.39, 0.29) is 17.6 Å². The number of benzene rings is 1. The van der Waals surface area contributed by atoms with Crippen LogP contribution in [-0.4, -0.2) is 36.3 Å². The Labute approximate surface area is 163 Å². The zero-order valence-corrected chi connectivity index (χ0v) is 16.4. The number of aryl methyl sites for hydroxylation is 3. The molecule has 1 aliphatic heterocycles. The van der Waals surface area contributed by atoms with Crippen LogP contribution in [0.25, 0.3) is 11.0 Å². The van der Waals surface area contributed by atoms with Crippen LogP contribution in [-0.2, 0) is 30.7 Å². The molecule has 0 bridgehead atoms. The smallest absolute Gasteiger partial charge is 0.345 e. The SMILES string of the molecule is CCCn1nc2n(c1=O)CCC(NC(=O)Cc1ccc3nc(C)[nH]c3c1)CC2. The number of fused-ring (bicyclic) bond motifs is 2. The summed E-state index contributed by atoms with van der Waals surface area (Å²) in [6, 6.07) is 5.92. The number of nitrogens with one attached hydrogen (secondary N) is 2. The van der Waals surface area contributed by atoms with E-state index in [1.807, 2.05) is 32.0 Å². The van der Waals surface area contributed by atoms with E-state index < -0.39 is 0 Å². The topological polar surface area (TPSA) is 97.6 Å². The Morgan fingerprint density at radius 3 is 3.04 bits per heavy atom. The Balaban J connectivity index is 1.37. The molecule has 0 saturated heterocycles. The van der Waals surface area contributed by atoms with E-state index in [2.05, 4.69) is 20.4 Å². The van der Waals surface area contributed by atoms with Crippen LogP contribution in [0.2, 0.25) is 0 Å². The highest BCUT2D eigenvalue weighted by atomic mass is 16.2. The first-order valence-electron chi connectivity index (χ1n) is 9.94. The molecular weight excluding hydrogens is 356 g/mol. The monoisotopic (exact) mass is 382 g/mol. The molecule has 0 spiro atoms. The minimum absolute atomic E-state index is 0.00326. The molecule has 8 heteroatoms. The first-order valence-corrected chi connectivity index (χ1v) is 9.94. The van der Waals surface area contributed by atoms with Gasteiger partial charge in [-0.25, -0.2) is 14.5 Å². The summed E-state index contributed by atoms with van der Waals surface area (Å²) in [7, 11) is 0. The molecule has 28 heavy (non-hydrogen) atoms. The van der Waals surface area contributed by atoms with Crippen LogP contribution in [0.3, 0.4) is 0 Å². The summed E-state index contributed by atoms with van der Waals surface area (Å²) in [5.41, 5.74) is 2.78. The molecule has 1 unspecified atom stereocenters. The lowest BCUT2D eigenvalue weighted by Gasteiger charge is -2.16. The third kappa shape index (κ3) is 3.72. The number of nitrogens with zero attached hydrogens (tertiary/aromatic N) is 4. The van der Waals surface area contributed by atoms with Gasteiger partial charge < -0.3 is 10.3 Å². The normalized spacial score (nSPS) is 16.7. The van der Waals surface area contributed by atoms with Crippen LogP contribution >= 0.6 is 0 Å². The zero-order valence-electron chi connectivity index (χ0n) is 16.4. The van der Waals surface area contributed by atoms with Crippen LogP contribution in [0.4, 0.5) is 0 Å². The molecule has 1 amide bonds. The van der Waals surface area contributed by atoms with E-state index in [0.717, 1.165) is 47.5 Å². The predicted octanol–water partition coefficient (Wildman–Crippen LogP) is 1.70. The van der Waals surface area contributed by atoms with E-state index in [1.54, 1.807) is 9.25 Å². The second-order valence-corrected chi connectivity index (χ2v) is 7.52. The van der Waals surface area contributed by atoms with Gasteiger partial charge in [-0.3, -0.25) is 9.36 Å². The van der Waals surface area contributed by atoms with E-state index >= 15 is 0 Å². The summed E-state index contributed by atoms with van der Waals surface area (Å²) in [4.78, 5) is 32.5. The fourth-order valence-corrected chi connectivity index (χ4v) is 3.89. The number of imidazole rings is 1. The summed E-state index contributed by atoms with van der Waals surface area (Å²) in [5.74, 6) is 1.70. The van der Waals surface area contributed by atoms with E-state index in [4.69, 9.17) is 0 Å². The quantitative estimate of drug-likeness (QED) is 0.702. The van der Waals surface area contributed by atoms with Crippen molar-refractivity contribution in [3.63, 3.8) is 0 Å². The lowest BCUT2D eigenvalue weighted by atomic mass is 10.1. The Morgan fingerprint density at radius 2 is 2.21 bits per heavy atom. The highest BCUT2D eigenvalue weighted by Gasteiger charge is 2.22. The standard InChI is InChI=1S/C20H26N6O2/c1-3-9-26-20(28)25-10-8-15(5-7-18(25)24-26)23-19(27)12-14-4-6-16-17(11-14)22-13(2)21-16/h4,6,11,15H,3,5,7-10,12H2,1-2H3,(H,21,22)(H,23,27). The maximum Gasteiger partial charge on any atom is 0.345 e. The molecule has 1 aliphatic rings. The molecular formula is C20H26N6O2. The van der Waals surface area contributed by atoms with E-state index in [1.165, 1.54) is 0 Å². The molecule has 148 valence electrons. The van der Waals surface area contributed by atoms with Crippen molar-refractivity contribution in [1.29, 1.82) is 0 Å². The predicted molar refractivity (Wildman–Crippen MR) is 106 cm³/mol. The van der Waals surface area contributed by atoms with Crippen molar-refractivity contribution in [2.24, 2.45) is 0 Å². The summed E-state index contributed by atoms with van der Waals surface area (Å²) < 4.78 is 3.32. The van der Waals surface area contributed by atoms with Crippen molar-refractivity contribution in [2.75, 3.05) is 0 Å². The number of H-pyrrole nitrogens is 1. The van der Waals surface area contributed by atoms with Gasteiger partial charge in [0, 0.05) is 25.6 Å². The molecule has 8 nitrogen and oxygen atoms in total. The van der Waals surface area contributed by atoms with Gasteiger partial charge in [0.05, 0.1) is 17.5 Å². The maximum atomic E-state index is 12.5. The Hall–Kier alpha value is -2.90. The number of carbonyl (C=O) groups excluding carboxylic acids is 1. The summed E-state index contributed by atoms with van der Waals surface area (Å²) in [6.07, 6.45) is 3.47. The van der Waals surface area contributed by atoms with Gasteiger partial charge in [-0.05, 0) is 43.9 Å². The molecule has 3 aromatic rings. The maximum absolute atomic E-state index is 12.5. The Morgan fingerprint density at radius 1 is 1.36 bits per heavy atom. The lowest BCUT2D eigenvalue weighted by Crippen LogP contribution is -2.36.